The van der Waals surface area contributed by atoms with E-state index in [0.29, 0.717) is 24.9 Å². The predicted octanol–water partition coefficient (Wildman–Crippen LogP) is 3.44. The van der Waals surface area contributed by atoms with Gasteiger partial charge in [0, 0.05) is 65.7 Å². The molecule has 2 aliphatic rings. The summed E-state index contributed by atoms with van der Waals surface area (Å²) < 4.78 is 4.22. The minimum atomic E-state index is -0.448. The second kappa shape index (κ2) is 7.36. The van der Waals surface area contributed by atoms with Crippen LogP contribution in [0.2, 0.25) is 0 Å². The van der Waals surface area contributed by atoms with Gasteiger partial charge in [-0.15, -0.1) is 0 Å². The lowest BCUT2D eigenvalue weighted by molar-refractivity contribution is 0.0558. The molecule has 1 N–H and O–H groups in total. The normalized spacial score (nSPS) is 22.0. The van der Waals surface area contributed by atoms with E-state index in [1.54, 1.807) is 6.07 Å². The maximum absolute atomic E-state index is 12.3. The SMILES string of the molecule is O=c1cccc2n1C[C@H]1C[C@@H]2CN(C[C@@H](O)Cn2c3ccccc3c3ccccc32)C1. The lowest BCUT2D eigenvalue weighted by atomic mass is 9.83. The first-order valence-electron chi connectivity index (χ1n) is 11.2. The van der Waals surface area contributed by atoms with Gasteiger partial charge < -0.3 is 14.2 Å². The van der Waals surface area contributed by atoms with Crippen LogP contribution < -0.4 is 5.56 Å². The van der Waals surface area contributed by atoms with Crippen molar-refractivity contribution in [2.75, 3.05) is 19.6 Å². The molecule has 1 fully saturated rings. The van der Waals surface area contributed by atoms with Crippen LogP contribution in [-0.2, 0) is 13.1 Å². The number of aliphatic hydroxyl groups is 1. The Bertz CT molecular complexity index is 1270. The van der Waals surface area contributed by atoms with Gasteiger partial charge in [-0.2, -0.15) is 0 Å². The van der Waals surface area contributed by atoms with E-state index in [1.807, 2.05) is 10.6 Å². The van der Waals surface area contributed by atoms with Crippen molar-refractivity contribution in [2.24, 2.45) is 5.92 Å². The number of pyridine rings is 1. The van der Waals surface area contributed by atoms with Gasteiger partial charge in [0.05, 0.1) is 12.6 Å². The third-order valence-corrected chi connectivity index (χ3v) is 7.10. The smallest absolute Gasteiger partial charge is 0.250 e. The first-order chi connectivity index (χ1) is 15.2. The molecule has 158 valence electrons. The van der Waals surface area contributed by atoms with Gasteiger partial charge in [0.25, 0.3) is 5.56 Å². The summed E-state index contributed by atoms with van der Waals surface area (Å²) in [5, 5.41) is 13.5. The van der Waals surface area contributed by atoms with E-state index in [2.05, 4.69) is 64.1 Å². The molecule has 1 saturated heterocycles. The summed E-state index contributed by atoms with van der Waals surface area (Å²) in [4.78, 5) is 14.7. The van der Waals surface area contributed by atoms with Gasteiger partial charge in [-0.25, -0.2) is 0 Å². The van der Waals surface area contributed by atoms with Crippen molar-refractivity contribution in [2.45, 2.75) is 31.5 Å². The second-order valence-electron chi connectivity index (χ2n) is 9.22. The van der Waals surface area contributed by atoms with Crippen LogP contribution in [-0.4, -0.2) is 44.9 Å². The Morgan fingerprint density at radius 3 is 2.29 bits per heavy atom. The van der Waals surface area contributed by atoms with Gasteiger partial charge >= 0.3 is 0 Å². The molecule has 4 heterocycles. The third-order valence-electron chi connectivity index (χ3n) is 7.10. The molecule has 3 atom stereocenters. The van der Waals surface area contributed by atoms with Crippen LogP contribution in [0.5, 0.6) is 0 Å². The van der Waals surface area contributed by atoms with Gasteiger partial charge in [-0.3, -0.25) is 9.69 Å². The molecule has 0 saturated carbocycles. The molecule has 31 heavy (non-hydrogen) atoms. The third kappa shape index (κ3) is 3.20. The molecular formula is C26H27N3O2. The van der Waals surface area contributed by atoms with Crippen molar-refractivity contribution in [1.29, 1.82) is 0 Å². The van der Waals surface area contributed by atoms with Crippen molar-refractivity contribution in [1.82, 2.24) is 14.0 Å². The largest absolute Gasteiger partial charge is 0.390 e. The molecule has 0 amide bonds. The number of aliphatic hydroxyl groups excluding tert-OH is 1. The van der Waals surface area contributed by atoms with Gasteiger partial charge in [-0.1, -0.05) is 42.5 Å². The lowest BCUT2D eigenvalue weighted by Gasteiger charge is -2.43. The number of likely N-dealkylation sites (tertiary alicyclic amines) is 1. The number of nitrogens with zero attached hydrogens (tertiary/aromatic N) is 3. The number of hydrogen-bond donors (Lipinski definition) is 1. The zero-order chi connectivity index (χ0) is 20.9. The Labute approximate surface area is 181 Å². The van der Waals surface area contributed by atoms with E-state index in [9.17, 15) is 9.90 Å². The molecule has 2 aromatic carbocycles. The maximum atomic E-state index is 12.3. The molecule has 0 radical (unpaired) electrons. The van der Waals surface area contributed by atoms with Crippen LogP contribution in [0.3, 0.4) is 0 Å². The second-order valence-corrected chi connectivity index (χ2v) is 9.22. The fraction of sp³-hybridized carbons (Fsp3) is 0.346. The monoisotopic (exact) mass is 413 g/mol. The van der Waals surface area contributed by atoms with Crippen molar-refractivity contribution in [3.63, 3.8) is 0 Å². The molecule has 2 bridgehead atoms. The average Bonchev–Trinajstić information content (AvgIpc) is 3.08. The molecular weight excluding hydrogens is 386 g/mol. The highest BCUT2D eigenvalue weighted by molar-refractivity contribution is 6.07. The molecule has 6 rings (SSSR count). The Kier molecular flexibility index (Phi) is 4.47. The summed E-state index contributed by atoms with van der Waals surface area (Å²) in [5.41, 5.74) is 3.62. The number of para-hydroxylation sites is 2. The van der Waals surface area contributed by atoms with Crippen molar-refractivity contribution in [3.05, 3.63) is 82.8 Å². The average molecular weight is 414 g/mol. The summed E-state index contributed by atoms with van der Waals surface area (Å²) in [6.45, 7) is 3.89. The first-order valence-corrected chi connectivity index (χ1v) is 11.2. The Hall–Kier alpha value is -2.89. The summed E-state index contributed by atoms with van der Waals surface area (Å²) in [6.07, 6.45) is 0.694. The minimum Gasteiger partial charge on any atom is -0.390 e. The highest BCUT2D eigenvalue weighted by Gasteiger charge is 2.35. The van der Waals surface area contributed by atoms with E-state index < -0.39 is 6.10 Å². The minimum absolute atomic E-state index is 0.118. The van der Waals surface area contributed by atoms with Crippen LogP contribution in [0.15, 0.2) is 71.5 Å². The summed E-state index contributed by atoms with van der Waals surface area (Å²) in [5.74, 6) is 0.855. The molecule has 5 heteroatoms. The molecule has 0 aliphatic carbocycles. The standard InChI is InChI=1S/C26H27N3O2/c30-20(17-28-24-8-3-1-6-21(24)22-7-2-4-9-25(22)28)16-27-13-18-12-19(15-27)23-10-5-11-26(31)29(23)14-18/h1-11,18-20,30H,12-17H2/t18-,19+,20+/m0/s1. The van der Waals surface area contributed by atoms with Gasteiger partial charge in [0.15, 0.2) is 0 Å². The molecule has 2 aromatic heterocycles. The summed E-state index contributed by atoms with van der Waals surface area (Å²) >= 11 is 0. The van der Waals surface area contributed by atoms with Crippen molar-refractivity contribution < 1.29 is 5.11 Å². The van der Waals surface area contributed by atoms with Crippen LogP contribution in [0.1, 0.15) is 18.0 Å². The van der Waals surface area contributed by atoms with E-state index in [-0.39, 0.29) is 5.56 Å². The number of β-amino-alcohol motifs (C(OH)–C–C–N with tert-alkyl or cyclic N) is 1. The quantitative estimate of drug-likeness (QED) is 0.558. The highest BCUT2D eigenvalue weighted by atomic mass is 16.3. The molecule has 0 spiro atoms. The summed E-state index contributed by atoms with van der Waals surface area (Å²) in [7, 11) is 0. The zero-order valence-electron chi connectivity index (χ0n) is 17.5. The molecule has 4 aromatic rings. The van der Waals surface area contributed by atoms with E-state index in [1.165, 1.54) is 21.8 Å². The number of rotatable bonds is 4. The first kappa shape index (κ1) is 18.8. The lowest BCUT2D eigenvalue weighted by Crippen LogP contribution is -2.49. The predicted molar refractivity (Wildman–Crippen MR) is 123 cm³/mol. The van der Waals surface area contributed by atoms with Crippen molar-refractivity contribution in [3.8, 4) is 0 Å². The maximum Gasteiger partial charge on any atom is 0.250 e. The van der Waals surface area contributed by atoms with Crippen molar-refractivity contribution >= 4 is 21.8 Å². The summed E-state index contributed by atoms with van der Waals surface area (Å²) in [6, 6.07) is 22.5. The van der Waals surface area contributed by atoms with Gasteiger partial charge in [-0.05, 0) is 30.5 Å². The number of piperidine rings is 1. The van der Waals surface area contributed by atoms with Crippen LogP contribution in [0.4, 0.5) is 0 Å². The van der Waals surface area contributed by atoms with Crippen LogP contribution >= 0.6 is 0 Å². The van der Waals surface area contributed by atoms with Crippen LogP contribution in [0, 0.1) is 5.92 Å². The Morgan fingerprint density at radius 2 is 1.55 bits per heavy atom. The topological polar surface area (TPSA) is 50.4 Å². The molecule has 5 nitrogen and oxygen atoms in total. The van der Waals surface area contributed by atoms with Crippen LogP contribution in [0.25, 0.3) is 21.8 Å². The molecule has 2 aliphatic heterocycles. The number of fused-ring (bicyclic) bond motifs is 7. The zero-order valence-corrected chi connectivity index (χ0v) is 17.5. The fourth-order valence-electron chi connectivity index (χ4n) is 5.91. The number of benzene rings is 2. The molecule has 0 unspecified atom stereocenters. The number of aromatic nitrogens is 2. The van der Waals surface area contributed by atoms with Gasteiger partial charge in [0.2, 0.25) is 0 Å². The fourth-order valence-corrected chi connectivity index (χ4v) is 5.91. The Balaban J connectivity index is 1.24. The Morgan fingerprint density at radius 1 is 0.839 bits per heavy atom. The van der Waals surface area contributed by atoms with E-state index in [0.717, 1.165) is 31.7 Å². The van der Waals surface area contributed by atoms with E-state index in [4.69, 9.17) is 0 Å². The number of hydrogen-bond acceptors (Lipinski definition) is 3. The highest BCUT2D eigenvalue weighted by Crippen LogP contribution is 2.35. The van der Waals surface area contributed by atoms with Gasteiger partial charge in [0.1, 0.15) is 0 Å². The van der Waals surface area contributed by atoms with E-state index >= 15 is 0 Å².